The van der Waals surface area contributed by atoms with Crippen LogP contribution in [0.25, 0.3) is 0 Å². The van der Waals surface area contributed by atoms with Gasteiger partial charge in [0.15, 0.2) is 0 Å². The Bertz CT molecular complexity index is 405. The number of aliphatic hydroxyl groups excluding tert-OH is 1. The van der Waals surface area contributed by atoms with Crippen molar-refractivity contribution in [1.29, 1.82) is 0 Å². The highest BCUT2D eigenvalue weighted by atomic mass is 16.4. The average molecular weight is 238 g/mol. The Kier molecular flexibility index (Phi) is 4.34. The fourth-order valence-electron chi connectivity index (χ4n) is 1.69. The lowest BCUT2D eigenvalue weighted by Crippen LogP contribution is -2.34. The summed E-state index contributed by atoms with van der Waals surface area (Å²) >= 11 is 0. The zero-order valence-electron chi connectivity index (χ0n) is 10.1. The van der Waals surface area contributed by atoms with Crippen molar-refractivity contribution in [1.82, 2.24) is 0 Å². The molecule has 0 aromatic heterocycles. The van der Waals surface area contributed by atoms with Crippen molar-refractivity contribution in [3.63, 3.8) is 0 Å². The van der Waals surface area contributed by atoms with E-state index in [0.717, 1.165) is 0 Å². The van der Waals surface area contributed by atoms with Crippen molar-refractivity contribution < 1.29 is 15.0 Å². The van der Waals surface area contributed by atoms with E-state index < -0.39 is 5.97 Å². The molecule has 0 saturated carbocycles. The molecule has 17 heavy (non-hydrogen) atoms. The Morgan fingerprint density at radius 1 is 1.47 bits per heavy atom. The Balaban J connectivity index is 3.16. The summed E-state index contributed by atoms with van der Waals surface area (Å²) in [5.74, 6) is -0.987. The van der Waals surface area contributed by atoms with Crippen molar-refractivity contribution >= 4 is 17.3 Å². The Morgan fingerprint density at radius 3 is 2.59 bits per heavy atom. The van der Waals surface area contributed by atoms with Gasteiger partial charge >= 0.3 is 5.97 Å². The van der Waals surface area contributed by atoms with Crippen LogP contribution in [0.2, 0.25) is 0 Å². The van der Waals surface area contributed by atoms with Crippen LogP contribution in [0.3, 0.4) is 0 Å². The molecule has 0 aliphatic rings. The number of aliphatic hydroxyl groups is 1. The smallest absolute Gasteiger partial charge is 0.335 e. The van der Waals surface area contributed by atoms with E-state index in [2.05, 4.69) is 0 Å². The van der Waals surface area contributed by atoms with E-state index >= 15 is 0 Å². The van der Waals surface area contributed by atoms with Gasteiger partial charge in [-0.2, -0.15) is 0 Å². The number of hydrogen-bond acceptors (Lipinski definition) is 4. The fourth-order valence-corrected chi connectivity index (χ4v) is 1.69. The number of anilines is 2. The summed E-state index contributed by atoms with van der Waals surface area (Å²) in [4.78, 5) is 12.8. The minimum Gasteiger partial charge on any atom is -0.478 e. The van der Waals surface area contributed by atoms with Gasteiger partial charge in [-0.25, -0.2) is 4.79 Å². The van der Waals surface area contributed by atoms with Crippen LogP contribution in [-0.2, 0) is 0 Å². The lowest BCUT2D eigenvalue weighted by Gasteiger charge is -2.29. The lowest BCUT2D eigenvalue weighted by molar-refractivity contribution is 0.0697. The van der Waals surface area contributed by atoms with Gasteiger partial charge in [0, 0.05) is 12.6 Å². The molecule has 1 aromatic rings. The number of carboxylic acid groups (broad SMARTS) is 1. The number of nitrogens with zero attached hydrogens (tertiary/aromatic N) is 1. The summed E-state index contributed by atoms with van der Waals surface area (Å²) in [7, 11) is 0. The molecule has 0 atom stereocenters. The van der Waals surface area contributed by atoms with Crippen molar-refractivity contribution in [2.75, 3.05) is 23.8 Å². The second-order valence-corrected chi connectivity index (χ2v) is 4.09. The van der Waals surface area contributed by atoms with E-state index in [-0.39, 0.29) is 18.2 Å². The highest BCUT2D eigenvalue weighted by molar-refractivity contribution is 5.90. The first kappa shape index (κ1) is 13.3. The Labute approximate surface area is 100 Å². The predicted molar refractivity (Wildman–Crippen MR) is 67.4 cm³/mol. The number of nitrogens with two attached hydrogens (primary N) is 1. The molecular weight excluding hydrogens is 220 g/mol. The standard InChI is InChI=1S/C12H18N2O3/c1-8(2)14(5-6-15)11-7-9(12(16)17)3-4-10(11)13/h3-4,7-8,15H,5-6,13H2,1-2H3,(H,16,17). The molecular formula is C12H18N2O3. The molecule has 0 radical (unpaired) electrons. The summed E-state index contributed by atoms with van der Waals surface area (Å²) in [5.41, 5.74) is 7.19. The third-order valence-corrected chi connectivity index (χ3v) is 2.55. The second kappa shape index (κ2) is 5.54. The summed E-state index contributed by atoms with van der Waals surface area (Å²) in [5, 5.41) is 18.0. The molecule has 1 aromatic carbocycles. The largest absolute Gasteiger partial charge is 0.478 e. The molecule has 0 aliphatic carbocycles. The molecule has 0 bridgehead atoms. The van der Waals surface area contributed by atoms with E-state index in [4.69, 9.17) is 15.9 Å². The Hall–Kier alpha value is -1.75. The average Bonchev–Trinajstić information content (AvgIpc) is 2.26. The molecule has 0 unspecified atom stereocenters. The van der Waals surface area contributed by atoms with E-state index in [1.807, 2.05) is 18.7 Å². The van der Waals surface area contributed by atoms with Crippen LogP contribution in [0.15, 0.2) is 18.2 Å². The van der Waals surface area contributed by atoms with Crippen LogP contribution in [-0.4, -0.2) is 35.4 Å². The van der Waals surface area contributed by atoms with Gasteiger partial charge in [0.05, 0.1) is 23.5 Å². The van der Waals surface area contributed by atoms with Crippen molar-refractivity contribution in [3.05, 3.63) is 23.8 Å². The molecule has 0 aliphatic heterocycles. The second-order valence-electron chi connectivity index (χ2n) is 4.09. The predicted octanol–water partition coefficient (Wildman–Crippen LogP) is 1.17. The number of hydrogen-bond donors (Lipinski definition) is 3. The van der Waals surface area contributed by atoms with Crippen molar-refractivity contribution in [2.45, 2.75) is 19.9 Å². The summed E-state index contributed by atoms with van der Waals surface area (Å²) in [6.45, 7) is 4.34. The molecule has 0 amide bonds. The van der Waals surface area contributed by atoms with Crippen molar-refractivity contribution in [3.8, 4) is 0 Å². The monoisotopic (exact) mass is 238 g/mol. The fraction of sp³-hybridized carbons (Fsp3) is 0.417. The van der Waals surface area contributed by atoms with E-state index in [0.29, 0.717) is 17.9 Å². The molecule has 0 spiro atoms. The SMILES string of the molecule is CC(C)N(CCO)c1cc(C(=O)O)ccc1N. The first-order valence-corrected chi connectivity index (χ1v) is 5.47. The minimum absolute atomic E-state index is 0.00504. The van der Waals surface area contributed by atoms with Crippen LogP contribution in [0.4, 0.5) is 11.4 Å². The lowest BCUT2D eigenvalue weighted by atomic mass is 10.1. The highest BCUT2D eigenvalue weighted by Crippen LogP contribution is 2.26. The normalized spacial score (nSPS) is 10.6. The number of aromatic carboxylic acids is 1. The van der Waals surface area contributed by atoms with Crippen LogP contribution in [0.1, 0.15) is 24.2 Å². The van der Waals surface area contributed by atoms with Gasteiger partial charge in [0.25, 0.3) is 0 Å². The van der Waals surface area contributed by atoms with E-state index in [1.54, 1.807) is 6.07 Å². The van der Waals surface area contributed by atoms with Crippen LogP contribution >= 0.6 is 0 Å². The van der Waals surface area contributed by atoms with Gasteiger partial charge < -0.3 is 20.8 Å². The molecule has 5 nitrogen and oxygen atoms in total. The van der Waals surface area contributed by atoms with E-state index in [1.165, 1.54) is 12.1 Å². The van der Waals surface area contributed by atoms with Gasteiger partial charge in [-0.3, -0.25) is 0 Å². The van der Waals surface area contributed by atoms with Gasteiger partial charge in [-0.05, 0) is 32.0 Å². The highest BCUT2D eigenvalue weighted by Gasteiger charge is 2.15. The topological polar surface area (TPSA) is 86.8 Å². The quantitative estimate of drug-likeness (QED) is 0.670. The van der Waals surface area contributed by atoms with Crippen LogP contribution in [0.5, 0.6) is 0 Å². The molecule has 0 heterocycles. The first-order valence-electron chi connectivity index (χ1n) is 5.47. The van der Waals surface area contributed by atoms with Crippen LogP contribution < -0.4 is 10.6 Å². The molecule has 4 N–H and O–H groups in total. The molecule has 5 heteroatoms. The maximum Gasteiger partial charge on any atom is 0.335 e. The van der Waals surface area contributed by atoms with Crippen molar-refractivity contribution in [2.24, 2.45) is 0 Å². The van der Waals surface area contributed by atoms with Gasteiger partial charge in [-0.1, -0.05) is 0 Å². The Morgan fingerprint density at radius 2 is 2.12 bits per heavy atom. The minimum atomic E-state index is -0.987. The zero-order chi connectivity index (χ0) is 13.0. The van der Waals surface area contributed by atoms with Crippen LogP contribution in [0, 0.1) is 0 Å². The van der Waals surface area contributed by atoms with Gasteiger partial charge in [0.1, 0.15) is 0 Å². The molecule has 1 rings (SSSR count). The van der Waals surface area contributed by atoms with Gasteiger partial charge in [-0.15, -0.1) is 0 Å². The maximum atomic E-state index is 10.9. The zero-order valence-corrected chi connectivity index (χ0v) is 10.1. The molecule has 0 fully saturated rings. The third kappa shape index (κ3) is 3.10. The molecule has 0 saturated heterocycles. The number of carbonyl (C=O) groups is 1. The summed E-state index contributed by atoms with van der Waals surface area (Å²) in [6, 6.07) is 4.71. The number of benzene rings is 1. The summed E-state index contributed by atoms with van der Waals surface area (Å²) in [6.07, 6.45) is 0. The molecule has 94 valence electrons. The summed E-state index contributed by atoms with van der Waals surface area (Å²) < 4.78 is 0. The number of rotatable bonds is 5. The maximum absolute atomic E-state index is 10.9. The number of carboxylic acids is 1. The first-order chi connectivity index (χ1) is 7.97. The third-order valence-electron chi connectivity index (χ3n) is 2.55. The van der Waals surface area contributed by atoms with E-state index in [9.17, 15) is 4.79 Å². The van der Waals surface area contributed by atoms with Gasteiger partial charge in [0.2, 0.25) is 0 Å². The number of nitrogen functional groups attached to an aromatic ring is 1.